The van der Waals surface area contributed by atoms with E-state index in [0.717, 1.165) is 10.6 Å². The fourth-order valence-corrected chi connectivity index (χ4v) is 3.85. The number of hydrogen-bond donors (Lipinski definition) is 2. The van der Waals surface area contributed by atoms with Crippen molar-refractivity contribution < 1.29 is 14.4 Å². The largest absolute Gasteiger partial charge is 0.325 e. The fraction of sp³-hybridized carbons (Fsp3) is 0.211. The molecule has 0 fully saturated rings. The first-order valence-corrected chi connectivity index (χ1v) is 8.82. The molecular weight excluding hydrogens is 336 g/mol. The van der Waals surface area contributed by atoms with Gasteiger partial charge in [-0.1, -0.05) is 31.2 Å². The predicted octanol–water partition coefficient (Wildman–Crippen LogP) is 3.58. The number of benzene rings is 2. The molecule has 0 aliphatic carbocycles. The molecule has 0 bridgehead atoms. The van der Waals surface area contributed by atoms with Gasteiger partial charge in [-0.2, -0.15) is 0 Å². The van der Waals surface area contributed by atoms with E-state index >= 15 is 0 Å². The molecular formula is C19H18N2O3S. The summed E-state index contributed by atoms with van der Waals surface area (Å²) in [6.07, 6.45) is 0. The maximum Gasteiger partial charge on any atom is 0.238 e. The van der Waals surface area contributed by atoms with Crippen LogP contribution in [0.3, 0.4) is 0 Å². The minimum absolute atomic E-state index is 0.123. The van der Waals surface area contributed by atoms with Crippen molar-refractivity contribution in [3.8, 4) is 0 Å². The lowest BCUT2D eigenvalue weighted by atomic mass is 10.0. The average molecular weight is 354 g/mol. The molecule has 6 heteroatoms. The number of ketones is 1. The van der Waals surface area contributed by atoms with E-state index in [-0.39, 0.29) is 17.6 Å². The third-order valence-electron chi connectivity index (χ3n) is 4.09. The van der Waals surface area contributed by atoms with Crippen LogP contribution in [0.15, 0.2) is 53.4 Å². The van der Waals surface area contributed by atoms with Crippen molar-refractivity contribution >= 4 is 40.7 Å². The average Bonchev–Trinajstić information content (AvgIpc) is 2.60. The van der Waals surface area contributed by atoms with Crippen molar-refractivity contribution in [2.45, 2.75) is 24.0 Å². The second-order valence-corrected chi connectivity index (χ2v) is 7.09. The number of thioether (sulfide) groups is 1. The Morgan fingerprint density at radius 3 is 2.56 bits per heavy atom. The van der Waals surface area contributed by atoms with Crippen LogP contribution in [0, 0.1) is 5.92 Å². The second kappa shape index (κ2) is 7.11. The highest BCUT2D eigenvalue weighted by atomic mass is 32.2. The van der Waals surface area contributed by atoms with Crippen LogP contribution < -0.4 is 10.6 Å². The van der Waals surface area contributed by atoms with E-state index in [1.54, 1.807) is 31.2 Å². The van der Waals surface area contributed by atoms with Gasteiger partial charge in [0.1, 0.15) is 0 Å². The van der Waals surface area contributed by atoms with Crippen molar-refractivity contribution in [1.82, 2.24) is 0 Å². The summed E-state index contributed by atoms with van der Waals surface area (Å²) < 4.78 is 0. The summed E-state index contributed by atoms with van der Waals surface area (Å²) in [5, 5.41) is 5.10. The number of Topliss-reactive ketones (excluding diaryl/α,β-unsaturated/α-hetero) is 1. The molecule has 2 aromatic carbocycles. The topological polar surface area (TPSA) is 75.3 Å². The van der Waals surface area contributed by atoms with Crippen LogP contribution in [0.25, 0.3) is 0 Å². The van der Waals surface area contributed by atoms with Crippen LogP contribution in [0.1, 0.15) is 24.2 Å². The molecule has 1 aliphatic rings. The highest BCUT2D eigenvalue weighted by molar-refractivity contribution is 8.01. The highest BCUT2D eigenvalue weighted by Crippen LogP contribution is 2.38. The first-order valence-electron chi connectivity index (χ1n) is 7.94. The molecule has 128 valence electrons. The van der Waals surface area contributed by atoms with Crippen molar-refractivity contribution in [2.24, 2.45) is 5.92 Å². The third-order valence-corrected chi connectivity index (χ3v) is 5.58. The van der Waals surface area contributed by atoms with E-state index in [4.69, 9.17) is 0 Å². The summed E-state index contributed by atoms with van der Waals surface area (Å²) in [5.74, 6) is -1.16. The Morgan fingerprint density at radius 1 is 1.12 bits per heavy atom. The van der Waals surface area contributed by atoms with Crippen LogP contribution in [0.2, 0.25) is 0 Å². The monoisotopic (exact) mass is 354 g/mol. The van der Waals surface area contributed by atoms with E-state index in [2.05, 4.69) is 10.6 Å². The molecule has 2 unspecified atom stereocenters. The van der Waals surface area contributed by atoms with E-state index in [1.165, 1.54) is 18.7 Å². The number of rotatable bonds is 4. The summed E-state index contributed by atoms with van der Waals surface area (Å²) in [7, 11) is 0. The minimum Gasteiger partial charge on any atom is -0.325 e. The van der Waals surface area contributed by atoms with E-state index in [0.29, 0.717) is 11.3 Å². The normalized spacial score (nSPS) is 17.2. The lowest BCUT2D eigenvalue weighted by molar-refractivity contribution is -0.123. The Hall–Kier alpha value is -2.60. The zero-order valence-electron chi connectivity index (χ0n) is 13.9. The van der Waals surface area contributed by atoms with Gasteiger partial charge >= 0.3 is 0 Å². The molecule has 25 heavy (non-hydrogen) atoms. The highest BCUT2D eigenvalue weighted by Gasteiger charge is 2.35. The van der Waals surface area contributed by atoms with Gasteiger partial charge < -0.3 is 10.6 Å². The molecule has 0 spiro atoms. The van der Waals surface area contributed by atoms with E-state index in [1.807, 2.05) is 24.3 Å². The Morgan fingerprint density at radius 2 is 1.80 bits per heavy atom. The smallest absolute Gasteiger partial charge is 0.238 e. The van der Waals surface area contributed by atoms with Gasteiger partial charge in [-0.3, -0.25) is 14.4 Å². The van der Waals surface area contributed by atoms with Gasteiger partial charge in [-0.05, 0) is 31.2 Å². The lowest BCUT2D eigenvalue weighted by Crippen LogP contribution is -2.39. The number of hydrogen-bond acceptors (Lipinski definition) is 4. The number of fused-ring (bicyclic) bond motifs is 1. The molecule has 2 aromatic rings. The molecule has 0 radical (unpaired) electrons. The minimum atomic E-state index is -0.557. The van der Waals surface area contributed by atoms with Crippen LogP contribution in [-0.4, -0.2) is 22.8 Å². The molecule has 0 saturated carbocycles. The van der Waals surface area contributed by atoms with Gasteiger partial charge in [-0.25, -0.2) is 0 Å². The predicted molar refractivity (Wildman–Crippen MR) is 99.0 cm³/mol. The van der Waals surface area contributed by atoms with Crippen LogP contribution in [-0.2, 0) is 9.59 Å². The SMILES string of the molecule is CC(=O)c1ccccc1NC(=O)C(C)C1Sc2ccccc2NC1=O. The van der Waals surface area contributed by atoms with E-state index in [9.17, 15) is 14.4 Å². The fourth-order valence-electron chi connectivity index (χ4n) is 2.68. The number of anilines is 2. The summed E-state index contributed by atoms with van der Waals surface area (Å²) in [5.41, 5.74) is 1.69. The third kappa shape index (κ3) is 3.58. The molecule has 3 rings (SSSR count). The first kappa shape index (κ1) is 17.2. The second-order valence-electron chi connectivity index (χ2n) is 5.90. The lowest BCUT2D eigenvalue weighted by Gasteiger charge is -2.27. The molecule has 0 saturated heterocycles. The summed E-state index contributed by atoms with van der Waals surface area (Å²) in [6.45, 7) is 3.17. The summed E-state index contributed by atoms with van der Waals surface area (Å²) in [6, 6.07) is 14.4. The Bertz CT molecular complexity index is 850. The zero-order valence-corrected chi connectivity index (χ0v) is 14.7. The number of carbonyl (C=O) groups is 3. The van der Waals surface area contributed by atoms with E-state index < -0.39 is 11.2 Å². The molecule has 0 aromatic heterocycles. The van der Waals surface area contributed by atoms with Crippen LogP contribution in [0.4, 0.5) is 11.4 Å². The standard InChI is InChI=1S/C19H18N2O3S/c1-11(17-19(24)21-15-9-5-6-10-16(15)25-17)18(23)20-14-8-4-3-7-13(14)12(2)22/h3-11,17H,1-2H3,(H,20,23)(H,21,24). The molecule has 1 heterocycles. The first-order chi connectivity index (χ1) is 12.0. The Labute approximate surface area is 150 Å². The van der Waals surface area contributed by atoms with Crippen LogP contribution in [0.5, 0.6) is 0 Å². The summed E-state index contributed by atoms with van der Waals surface area (Å²) >= 11 is 1.38. The van der Waals surface area contributed by atoms with Crippen molar-refractivity contribution in [2.75, 3.05) is 10.6 Å². The Balaban J connectivity index is 1.77. The van der Waals surface area contributed by atoms with Gasteiger partial charge in [0.05, 0.1) is 22.5 Å². The number of para-hydroxylation sites is 2. The van der Waals surface area contributed by atoms with Crippen molar-refractivity contribution in [3.63, 3.8) is 0 Å². The van der Waals surface area contributed by atoms with Gasteiger partial charge in [0.15, 0.2) is 5.78 Å². The van der Waals surface area contributed by atoms with Gasteiger partial charge in [0.25, 0.3) is 0 Å². The van der Waals surface area contributed by atoms with Crippen molar-refractivity contribution in [3.05, 3.63) is 54.1 Å². The number of nitrogens with one attached hydrogen (secondary N) is 2. The molecule has 2 N–H and O–H groups in total. The van der Waals surface area contributed by atoms with Crippen molar-refractivity contribution in [1.29, 1.82) is 0 Å². The summed E-state index contributed by atoms with van der Waals surface area (Å²) in [4.78, 5) is 37.6. The Kier molecular flexibility index (Phi) is 4.90. The maximum atomic E-state index is 12.6. The van der Waals surface area contributed by atoms with Crippen LogP contribution >= 0.6 is 11.8 Å². The number of amides is 2. The molecule has 2 amide bonds. The zero-order chi connectivity index (χ0) is 18.0. The molecule has 5 nitrogen and oxygen atoms in total. The maximum absolute atomic E-state index is 12.6. The molecule has 2 atom stereocenters. The van der Waals surface area contributed by atoms with Gasteiger partial charge in [0.2, 0.25) is 11.8 Å². The quantitative estimate of drug-likeness (QED) is 0.823. The molecule has 1 aliphatic heterocycles. The number of carbonyl (C=O) groups excluding carboxylic acids is 3. The van der Waals surface area contributed by atoms with Gasteiger partial charge in [0, 0.05) is 10.5 Å². The van der Waals surface area contributed by atoms with Gasteiger partial charge in [-0.15, -0.1) is 11.8 Å².